The molecule has 1 fully saturated rings. The molecule has 1 heterocycles. The number of ketones is 1. The van der Waals surface area contributed by atoms with Crippen molar-refractivity contribution in [3.8, 4) is 5.75 Å². The average molecular weight is 646 g/mol. The summed E-state index contributed by atoms with van der Waals surface area (Å²) in [5.41, 5.74) is 2.53. The van der Waals surface area contributed by atoms with Crippen LogP contribution >= 0.6 is 23.4 Å². The van der Waals surface area contributed by atoms with E-state index in [1.807, 2.05) is 74.4 Å². The molecule has 8 nitrogen and oxygen atoms in total. The summed E-state index contributed by atoms with van der Waals surface area (Å²) in [6, 6.07) is 23.0. The Balaban J connectivity index is 1.20. The molecule has 0 radical (unpaired) electrons. The zero-order valence-electron chi connectivity index (χ0n) is 26.0. The third kappa shape index (κ3) is 8.89. The first-order valence-corrected chi connectivity index (χ1v) is 16.8. The van der Waals surface area contributed by atoms with Gasteiger partial charge in [0.25, 0.3) is 0 Å². The Morgan fingerprint density at radius 1 is 0.956 bits per heavy atom. The van der Waals surface area contributed by atoms with E-state index in [0.29, 0.717) is 28.9 Å². The van der Waals surface area contributed by atoms with Crippen LogP contribution in [0.25, 0.3) is 10.9 Å². The van der Waals surface area contributed by atoms with Gasteiger partial charge in [0.1, 0.15) is 11.6 Å². The molecule has 0 saturated heterocycles. The van der Waals surface area contributed by atoms with Gasteiger partial charge >= 0.3 is 0 Å². The van der Waals surface area contributed by atoms with Gasteiger partial charge in [0.2, 0.25) is 11.9 Å². The lowest BCUT2D eigenvalue weighted by molar-refractivity contribution is -0.121. The fraction of sp³-hybridized carbons (Fsp3) is 0.371. The van der Waals surface area contributed by atoms with Gasteiger partial charge in [-0.2, -0.15) is 4.98 Å². The first kappa shape index (κ1) is 32.6. The number of ether oxygens (including phenoxy) is 1. The number of halogens is 1. The molecule has 1 aliphatic carbocycles. The number of nitrogens with one attached hydrogen (secondary N) is 2. The maximum atomic E-state index is 13.6. The number of hydrogen-bond donors (Lipinski definition) is 2. The Morgan fingerprint density at radius 3 is 2.33 bits per heavy atom. The lowest BCUT2D eigenvalue weighted by Gasteiger charge is -2.31. The Bertz CT molecular complexity index is 1590. The molecule has 1 saturated carbocycles. The molecule has 0 bridgehead atoms. The standard InChI is InChI=1S/C35H40ClN5O3S/c1-4-44-28-19-11-24(12-20-28)31(42)21-32(45-22-23-9-13-25(36)14-10-23)34(43)37-26-15-17-27(18-16-26)38-35-39-30-8-6-5-7-29(30)33(40-35)41(2)3/h5-14,19-20,26-27,32H,4,15-18,21-22H2,1-3H3,(H,37,43)(H,38,39,40)/t26-,27+,32?. The minimum atomic E-state index is -0.522. The number of para-hydroxylation sites is 1. The molecule has 2 N–H and O–H groups in total. The van der Waals surface area contributed by atoms with Gasteiger partial charge in [0.15, 0.2) is 5.78 Å². The summed E-state index contributed by atoms with van der Waals surface area (Å²) in [6.45, 7) is 2.48. The normalized spacial score (nSPS) is 17.0. The van der Waals surface area contributed by atoms with Crippen LogP contribution in [0.2, 0.25) is 5.02 Å². The van der Waals surface area contributed by atoms with E-state index in [1.54, 1.807) is 24.3 Å². The van der Waals surface area contributed by atoms with Gasteiger partial charge in [-0.3, -0.25) is 9.59 Å². The van der Waals surface area contributed by atoms with Crippen molar-refractivity contribution in [2.24, 2.45) is 0 Å². The first-order chi connectivity index (χ1) is 21.8. The Morgan fingerprint density at radius 2 is 1.64 bits per heavy atom. The molecule has 0 spiro atoms. The largest absolute Gasteiger partial charge is 0.494 e. The molecule has 1 unspecified atom stereocenters. The number of thioether (sulfide) groups is 1. The molecule has 1 amide bonds. The highest BCUT2D eigenvalue weighted by Gasteiger charge is 2.28. The average Bonchev–Trinajstić information content (AvgIpc) is 3.04. The molecule has 0 aliphatic heterocycles. The number of anilines is 2. The lowest BCUT2D eigenvalue weighted by atomic mass is 9.91. The number of amides is 1. The number of benzene rings is 3. The van der Waals surface area contributed by atoms with Gasteiger partial charge in [0.05, 0.1) is 17.4 Å². The number of carbonyl (C=O) groups excluding carboxylic acids is 2. The molecule has 1 aromatic heterocycles. The number of carbonyl (C=O) groups is 2. The summed E-state index contributed by atoms with van der Waals surface area (Å²) in [4.78, 5) is 38.4. The monoisotopic (exact) mass is 645 g/mol. The van der Waals surface area contributed by atoms with Crippen molar-refractivity contribution >= 4 is 57.7 Å². The first-order valence-electron chi connectivity index (χ1n) is 15.4. The van der Waals surface area contributed by atoms with Crippen LogP contribution in [0.3, 0.4) is 0 Å². The molecule has 5 rings (SSSR count). The van der Waals surface area contributed by atoms with Gasteiger partial charge in [-0.05, 0) is 86.7 Å². The van der Waals surface area contributed by atoms with Crippen LogP contribution in [0.5, 0.6) is 5.75 Å². The third-order valence-electron chi connectivity index (χ3n) is 7.93. The van der Waals surface area contributed by atoms with Crippen molar-refractivity contribution in [2.75, 3.05) is 30.9 Å². The summed E-state index contributed by atoms with van der Waals surface area (Å²) in [6.07, 6.45) is 3.54. The molecular formula is C35H40ClN5O3S. The maximum absolute atomic E-state index is 13.6. The van der Waals surface area contributed by atoms with E-state index < -0.39 is 5.25 Å². The van der Waals surface area contributed by atoms with Crippen molar-refractivity contribution in [1.82, 2.24) is 15.3 Å². The highest BCUT2D eigenvalue weighted by atomic mass is 35.5. The van der Waals surface area contributed by atoms with Crippen molar-refractivity contribution in [3.05, 3.63) is 88.9 Å². The van der Waals surface area contributed by atoms with Crippen LogP contribution in [0.1, 0.15) is 54.9 Å². The van der Waals surface area contributed by atoms with Gasteiger partial charge < -0.3 is 20.3 Å². The van der Waals surface area contributed by atoms with Gasteiger partial charge in [-0.25, -0.2) is 4.98 Å². The van der Waals surface area contributed by atoms with E-state index in [1.165, 1.54) is 11.8 Å². The van der Waals surface area contributed by atoms with Crippen molar-refractivity contribution in [2.45, 2.75) is 62.1 Å². The van der Waals surface area contributed by atoms with E-state index in [0.717, 1.165) is 53.7 Å². The molecule has 236 valence electrons. The number of rotatable bonds is 13. The Labute approximate surface area is 274 Å². The molecule has 10 heteroatoms. The van der Waals surface area contributed by atoms with Crippen LogP contribution in [-0.2, 0) is 10.5 Å². The summed E-state index contributed by atoms with van der Waals surface area (Å²) in [5.74, 6) is 2.65. The zero-order chi connectivity index (χ0) is 31.8. The molecule has 45 heavy (non-hydrogen) atoms. The zero-order valence-corrected chi connectivity index (χ0v) is 27.5. The van der Waals surface area contributed by atoms with Crippen molar-refractivity contribution in [3.63, 3.8) is 0 Å². The van der Waals surface area contributed by atoms with Gasteiger partial charge in [-0.1, -0.05) is 35.9 Å². The van der Waals surface area contributed by atoms with E-state index in [4.69, 9.17) is 26.3 Å². The van der Waals surface area contributed by atoms with Crippen LogP contribution < -0.4 is 20.3 Å². The number of aromatic nitrogens is 2. The van der Waals surface area contributed by atoms with Crippen molar-refractivity contribution < 1.29 is 14.3 Å². The second kappa shape index (κ2) is 15.5. The lowest BCUT2D eigenvalue weighted by Crippen LogP contribution is -2.44. The van der Waals surface area contributed by atoms with Crippen LogP contribution in [0.4, 0.5) is 11.8 Å². The highest BCUT2D eigenvalue weighted by Crippen LogP contribution is 2.28. The molecule has 4 aromatic rings. The smallest absolute Gasteiger partial charge is 0.233 e. The molecule has 1 atom stereocenters. The van der Waals surface area contributed by atoms with E-state index in [2.05, 4.69) is 10.6 Å². The molecular weight excluding hydrogens is 606 g/mol. The fourth-order valence-electron chi connectivity index (χ4n) is 5.52. The summed E-state index contributed by atoms with van der Waals surface area (Å²) in [7, 11) is 3.97. The van der Waals surface area contributed by atoms with E-state index in [9.17, 15) is 9.59 Å². The topological polar surface area (TPSA) is 96.5 Å². The Kier molecular flexibility index (Phi) is 11.2. The number of fused-ring (bicyclic) bond motifs is 1. The molecule has 3 aromatic carbocycles. The predicted molar refractivity (Wildman–Crippen MR) is 185 cm³/mol. The number of Topliss-reactive ketones (excluding diaryl/α,β-unsaturated/α-hetero) is 1. The quantitative estimate of drug-likeness (QED) is 0.148. The van der Waals surface area contributed by atoms with Crippen LogP contribution in [0, 0.1) is 0 Å². The summed E-state index contributed by atoms with van der Waals surface area (Å²) in [5, 5.41) is 7.96. The van der Waals surface area contributed by atoms with Gasteiger partial charge in [-0.15, -0.1) is 11.8 Å². The fourth-order valence-corrected chi connectivity index (χ4v) is 6.72. The van der Waals surface area contributed by atoms with Crippen molar-refractivity contribution in [1.29, 1.82) is 0 Å². The van der Waals surface area contributed by atoms with E-state index >= 15 is 0 Å². The van der Waals surface area contributed by atoms with Crippen LogP contribution in [0.15, 0.2) is 72.8 Å². The number of nitrogens with zero attached hydrogens (tertiary/aromatic N) is 3. The SMILES string of the molecule is CCOc1ccc(C(=O)CC(SCc2ccc(Cl)cc2)C(=O)N[C@H]2CC[C@@H](Nc3nc(N(C)C)c4ccccc4n3)CC2)cc1. The number of hydrogen-bond acceptors (Lipinski definition) is 8. The maximum Gasteiger partial charge on any atom is 0.233 e. The second-order valence-corrected chi connectivity index (χ2v) is 13.1. The minimum absolute atomic E-state index is 0.0459. The van der Waals surface area contributed by atoms with Crippen LogP contribution in [-0.4, -0.2) is 59.7 Å². The predicted octanol–water partition coefficient (Wildman–Crippen LogP) is 7.16. The summed E-state index contributed by atoms with van der Waals surface area (Å²) < 4.78 is 5.51. The second-order valence-electron chi connectivity index (χ2n) is 11.5. The Hall–Kier alpha value is -3.82. The summed E-state index contributed by atoms with van der Waals surface area (Å²) >= 11 is 7.55. The highest BCUT2D eigenvalue weighted by molar-refractivity contribution is 7.99. The van der Waals surface area contributed by atoms with Gasteiger partial charge in [0, 0.05) is 54.3 Å². The van der Waals surface area contributed by atoms with E-state index in [-0.39, 0.29) is 30.2 Å². The molecule has 1 aliphatic rings. The third-order valence-corrected chi connectivity index (χ3v) is 9.46. The minimum Gasteiger partial charge on any atom is -0.494 e.